The Hall–Kier alpha value is 0.786. The second kappa shape index (κ2) is 5.92. The van der Waals surface area contributed by atoms with Crippen LogP contribution in [-0.4, -0.2) is 61.2 Å². The molecular weight excluding hydrogens is 278 g/mol. The number of halogens is 1. The number of aromatic nitrogens is 2. The molecule has 0 atom stereocenters. The van der Waals surface area contributed by atoms with Crippen molar-refractivity contribution >= 4 is 87.2 Å². The summed E-state index contributed by atoms with van der Waals surface area (Å²) in [6, 6.07) is 6.05. The Balaban J connectivity index is 0.00000112. The van der Waals surface area contributed by atoms with Crippen molar-refractivity contribution in [3.8, 4) is 5.69 Å². The number of aromatic amines is 1. The molecule has 2 rings (SSSR count). The zero-order valence-corrected chi connectivity index (χ0v) is 13.4. The Morgan fingerprint density at radius 2 is 1.80 bits per heavy atom. The third-order valence-corrected chi connectivity index (χ3v) is 3.06. The first kappa shape index (κ1) is 13.8. The van der Waals surface area contributed by atoms with E-state index >= 15 is 0 Å². The van der Waals surface area contributed by atoms with Gasteiger partial charge >= 0.3 is 0 Å². The molecule has 2 nitrogen and oxygen atoms in total. The van der Waals surface area contributed by atoms with Gasteiger partial charge in [-0.1, -0.05) is 11.3 Å². The van der Waals surface area contributed by atoms with E-state index in [1.54, 1.807) is 16.8 Å². The van der Waals surface area contributed by atoms with Crippen molar-refractivity contribution in [2.24, 2.45) is 0 Å². The van der Waals surface area contributed by atoms with Gasteiger partial charge in [0.1, 0.15) is 5.82 Å². The Morgan fingerprint density at radius 3 is 2.27 bits per heavy atom. The normalized spacial score (nSPS) is 9.67. The third kappa shape index (κ3) is 3.37. The van der Waals surface area contributed by atoms with E-state index in [1.807, 2.05) is 0 Å². The van der Waals surface area contributed by atoms with Crippen molar-refractivity contribution in [1.29, 1.82) is 0 Å². The van der Waals surface area contributed by atoms with E-state index in [0.29, 0.717) is 7.91 Å². The molecular formula is C8H5FKN2S3. The first-order valence-electron chi connectivity index (χ1n) is 3.75. The van der Waals surface area contributed by atoms with E-state index in [-0.39, 0.29) is 57.2 Å². The Labute approximate surface area is 143 Å². The van der Waals surface area contributed by atoms with Gasteiger partial charge in [0.05, 0.1) is 5.69 Å². The van der Waals surface area contributed by atoms with E-state index < -0.39 is 0 Å². The van der Waals surface area contributed by atoms with Crippen molar-refractivity contribution in [3.63, 3.8) is 0 Å². The van der Waals surface area contributed by atoms with E-state index in [0.717, 1.165) is 5.69 Å². The van der Waals surface area contributed by atoms with Gasteiger partial charge in [-0.15, -0.1) is 0 Å². The van der Waals surface area contributed by atoms with E-state index in [1.165, 1.54) is 23.5 Å². The second-order valence-corrected chi connectivity index (χ2v) is 4.89. The van der Waals surface area contributed by atoms with Gasteiger partial charge < -0.3 is 0 Å². The minimum absolute atomic E-state index is 0. The van der Waals surface area contributed by atoms with Crippen LogP contribution in [0.15, 0.2) is 24.3 Å². The molecule has 2 aromatic rings. The molecule has 1 aromatic heterocycles. The molecule has 0 aliphatic carbocycles. The number of nitrogens with zero attached hydrogens (tertiary/aromatic N) is 1. The van der Waals surface area contributed by atoms with Gasteiger partial charge in [0, 0.05) is 51.4 Å². The number of rotatable bonds is 1. The minimum Gasteiger partial charge on any atom is -0.273 e. The standard InChI is InChI=1S/C8H5FN2S3.K/c9-5-1-3-6(4-2-5)11-8(13)14-7(12)10-11;/h1-4H,(H,10,12);. The molecule has 0 saturated heterocycles. The molecule has 1 radical (unpaired) electrons. The zero-order valence-electron chi connectivity index (χ0n) is 7.86. The van der Waals surface area contributed by atoms with Gasteiger partial charge in [0.15, 0.2) is 7.91 Å². The van der Waals surface area contributed by atoms with Crippen LogP contribution in [0.5, 0.6) is 0 Å². The topological polar surface area (TPSA) is 20.7 Å². The van der Waals surface area contributed by atoms with Crippen molar-refractivity contribution in [1.82, 2.24) is 9.78 Å². The van der Waals surface area contributed by atoms with Gasteiger partial charge in [0.25, 0.3) is 0 Å². The molecule has 73 valence electrons. The summed E-state index contributed by atoms with van der Waals surface area (Å²) in [5.41, 5.74) is 0.781. The summed E-state index contributed by atoms with van der Waals surface area (Å²) in [5.74, 6) is -0.269. The van der Waals surface area contributed by atoms with Crippen LogP contribution in [0.4, 0.5) is 4.39 Å². The fourth-order valence-electron chi connectivity index (χ4n) is 1.04. The van der Waals surface area contributed by atoms with Crippen molar-refractivity contribution in [3.05, 3.63) is 38.0 Å². The molecule has 0 fully saturated rings. The fourth-order valence-corrected chi connectivity index (χ4v) is 2.47. The summed E-state index contributed by atoms with van der Waals surface area (Å²) in [6.45, 7) is 0. The molecule has 1 N–H and O–H groups in total. The van der Waals surface area contributed by atoms with Crippen LogP contribution >= 0.6 is 35.8 Å². The minimum atomic E-state index is -0.269. The molecule has 15 heavy (non-hydrogen) atoms. The fraction of sp³-hybridized carbons (Fsp3) is 0. The number of hydrogen-bond donors (Lipinski definition) is 1. The van der Waals surface area contributed by atoms with Crippen LogP contribution < -0.4 is 0 Å². The van der Waals surface area contributed by atoms with Crippen LogP contribution in [0.25, 0.3) is 5.69 Å². The predicted octanol–water partition coefficient (Wildman–Crippen LogP) is 3.08. The van der Waals surface area contributed by atoms with Crippen molar-refractivity contribution in [2.45, 2.75) is 0 Å². The molecule has 0 amide bonds. The summed E-state index contributed by atoms with van der Waals surface area (Å²) < 4.78 is 15.5. The average Bonchev–Trinajstić information content (AvgIpc) is 2.47. The number of nitrogens with one attached hydrogen (secondary N) is 1. The van der Waals surface area contributed by atoms with Crippen LogP contribution in [0.2, 0.25) is 0 Å². The van der Waals surface area contributed by atoms with Gasteiger partial charge in [-0.2, -0.15) is 0 Å². The summed E-state index contributed by atoms with van der Waals surface area (Å²) in [7, 11) is 0. The maximum atomic E-state index is 12.6. The molecule has 0 aliphatic heterocycles. The van der Waals surface area contributed by atoms with Gasteiger partial charge in [0.2, 0.25) is 0 Å². The van der Waals surface area contributed by atoms with Crippen LogP contribution in [0, 0.1) is 13.7 Å². The number of hydrogen-bond acceptors (Lipinski definition) is 3. The Kier molecular flexibility index (Phi) is 5.47. The maximum absolute atomic E-state index is 12.6. The van der Waals surface area contributed by atoms with Crippen LogP contribution in [-0.2, 0) is 0 Å². The molecule has 1 aromatic carbocycles. The molecule has 0 bridgehead atoms. The third-order valence-electron chi connectivity index (χ3n) is 1.65. The number of benzene rings is 1. The SMILES string of the molecule is Fc1ccc(-n2[nH]c(=S)sc2=S)cc1.[K]. The largest absolute Gasteiger partial charge is 0.273 e. The average molecular weight is 283 g/mol. The summed E-state index contributed by atoms with van der Waals surface area (Å²) in [5, 5.41) is 2.90. The Morgan fingerprint density at radius 1 is 1.20 bits per heavy atom. The summed E-state index contributed by atoms with van der Waals surface area (Å²) in [4.78, 5) is 0. The predicted molar refractivity (Wildman–Crippen MR) is 65.4 cm³/mol. The van der Waals surface area contributed by atoms with E-state index in [2.05, 4.69) is 5.10 Å². The van der Waals surface area contributed by atoms with Crippen molar-refractivity contribution < 1.29 is 4.39 Å². The monoisotopic (exact) mass is 283 g/mol. The molecule has 0 aliphatic rings. The van der Waals surface area contributed by atoms with Gasteiger partial charge in [-0.25, -0.2) is 9.07 Å². The van der Waals surface area contributed by atoms with Crippen LogP contribution in [0.1, 0.15) is 0 Å². The van der Waals surface area contributed by atoms with Gasteiger partial charge in [-0.3, -0.25) is 5.10 Å². The Bertz CT molecular complexity index is 554. The summed E-state index contributed by atoms with van der Waals surface area (Å²) in [6.07, 6.45) is 0. The van der Waals surface area contributed by atoms with E-state index in [4.69, 9.17) is 24.4 Å². The smallest absolute Gasteiger partial charge is 0.183 e. The molecule has 0 unspecified atom stereocenters. The first-order valence-corrected chi connectivity index (χ1v) is 5.38. The maximum Gasteiger partial charge on any atom is 0.183 e. The molecule has 0 saturated carbocycles. The molecule has 0 spiro atoms. The quantitative estimate of drug-likeness (QED) is 0.641. The second-order valence-electron chi connectivity index (χ2n) is 2.58. The summed E-state index contributed by atoms with van der Waals surface area (Å²) >= 11 is 11.3. The number of H-pyrrole nitrogens is 1. The first-order chi connectivity index (χ1) is 6.66. The zero-order chi connectivity index (χ0) is 10.1. The van der Waals surface area contributed by atoms with Crippen LogP contribution in [0.3, 0.4) is 0 Å². The molecule has 7 heteroatoms. The van der Waals surface area contributed by atoms with Gasteiger partial charge in [-0.05, 0) is 48.7 Å². The van der Waals surface area contributed by atoms with Crippen molar-refractivity contribution in [2.75, 3.05) is 0 Å². The molecule has 1 heterocycles. The van der Waals surface area contributed by atoms with E-state index in [9.17, 15) is 4.39 Å².